The summed E-state index contributed by atoms with van der Waals surface area (Å²) in [5.74, 6) is 1.11. The Morgan fingerprint density at radius 1 is 1.00 bits per heavy atom. The molecule has 0 fully saturated rings. The van der Waals surface area contributed by atoms with Gasteiger partial charge in [-0.25, -0.2) is 4.79 Å². The average Bonchev–Trinajstić information content (AvgIpc) is 3.08. The summed E-state index contributed by atoms with van der Waals surface area (Å²) in [4.78, 5) is 11.6. The van der Waals surface area contributed by atoms with Gasteiger partial charge in [0.2, 0.25) is 5.89 Å². The molecule has 2 aromatic heterocycles. The van der Waals surface area contributed by atoms with E-state index in [-0.39, 0.29) is 6.61 Å². The molecule has 7 heteroatoms. The van der Waals surface area contributed by atoms with E-state index in [0.717, 1.165) is 10.0 Å². The lowest BCUT2D eigenvalue weighted by Crippen LogP contribution is -2.02. The zero-order valence-corrected chi connectivity index (χ0v) is 14.4. The largest absolute Gasteiger partial charge is 0.483 e. The van der Waals surface area contributed by atoms with Crippen LogP contribution in [0.4, 0.5) is 0 Å². The van der Waals surface area contributed by atoms with Crippen molar-refractivity contribution in [2.75, 3.05) is 0 Å². The number of fused-ring (bicyclic) bond motifs is 1. The summed E-state index contributed by atoms with van der Waals surface area (Å²) in [6.07, 6.45) is 0. The second kappa shape index (κ2) is 6.52. The Kier molecular flexibility index (Phi) is 4.07. The molecule has 0 aliphatic rings. The van der Waals surface area contributed by atoms with E-state index in [1.165, 1.54) is 6.07 Å². The van der Waals surface area contributed by atoms with Crippen LogP contribution in [0.15, 0.2) is 72.7 Å². The molecule has 25 heavy (non-hydrogen) atoms. The average molecular weight is 399 g/mol. The molecule has 0 spiro atoms. The van der Waals surface area contributed by atoms with Gasteiger partial charge in [0.15, 0.2) is 6.61 Å². The van der Waals surface area contributed by atoms with Crippen molar-refractivity contribution in [3.8, 4) is 17.2 Å². The number of benzene rings is 2. The minimum absolute atomic E-state index is 0.0465. The van der Waals surface area contributed by atoms with Crippen molar-refractivity contribution < 1.29 is 13.6 Å². The number of aromatic nitrogens is 2. The second-order valence-electron chi connectivity index (χ2n) is 5.20. The predicted octanol–water partition coefficient (Wildman–Crippen LogP) is 4.18. The summed E-state index contributed by atoms with van der Waals surface area (Å²) in [6.45, 7) is 0.0465. The van der Waals surface area contributed by atoms with E-state index in [0.29, 0.717) is 28.5 Å². The number of ether oxygens (including phenoxy) is 1. The van der Waals surface area contributed by atoms with E-state index < -0.39 is 5.63 Å². The van der Waals surface area contributed by atoms with E-state index in [1.54, 1.807) is 12.1 Å². The Bertz CT molecular complexity index is 1100. The number of halogens is 1. The summed E-state index contributed by atoms with van der Waals surface area (Å²) in [6, 6.07) is 16.0. The molecule has 4 rings (SSSR count). The highest BCUT2D eigenvalue weighted by atomic mass is 79.9. The third-order valence-corrected chi connectivity index (χ3v) is 4.23. The van der Waals surface area contributed by atoms with E-state index in [9.17, 15) is 4.79 Å². The van der Waals surface area contributed by atoms with Gasteiger partial charge in [0.1, 0.15) is 11.3 Å². The molecule has 0 amide bonds. The Morgan fingerprint density at radius 2 is 1.80 bits per heavy atom. The molecule has 124 valence electrons. The highest BCUT2D eigenvalue weighted by Crippen LogP contribution is 2.27. The number of nitrogens with zero attached hydrogens (tertiary/aromatic N) is 2. The van der Waals surface area contributed by atoms with Crippen molar-refractivity contribution in [3.05, 3.63) is 75.4 Å². The lowest BCUT2D eigenvalue weighted by Gasteiger charge is -2.05. The predicted molar refractivity (Wildman–Crippen MR) is 94.2 cm³/mol. The molecule has 2 heterocycles. The van der Waals surface area contributed by atoms with Gasteiger partial charge >= 0.3 is 5.63 Å². The van der Waals surface area contributed by atoms with Crippen LogP contribution >= 0.6 is 15.9 Å². The fourth-order valence-electron chi connectivity index (χ4n) is 2.40. The molecule has 0 aliphatic heterocycles. The third kappa shape index (κ3) is 3.18. The zero-order valence-electron chi connectivity index (χ0n) is 12.8. The Hall–Kier alpha value is -2.93. The minimum atomic E-state index is -0.479. The van der Waals surface area contributed by atoms with Crippen LogP contribution in [0.3, 0.4) is 0 Å². The van der Waals surface area contributed by atoms with Crippen LogP contribution in [0.1, 0.15) is 5.89 Å². The molecule has 0 saturated carbocycles. The van der Waals surface area contributed by atoms with Crippen molar-refractivity contribution in [2.24, 2.45) is 0 Å². The first-order valence-electron chi connectivity index (χ1n) is 7.44. The first-order valence-corrected chi connectivity index (χ1v) is 8.23. The highest BCUT2D eigenvalue weighted by Gasteiger charge is 2.13. The molecule has 0 atom stereocenters. The molecule has 0 aliphatic carbocycles. The number of hydrogen-bond donors (Lipinski definition) is 0. The normalized spacial score (nSPS) is 10.9. The maximum Gasteiger partial charge on any atom is 0.339 e. The molecule has 4 aromatic rings. The van der Waals surface area contributed by atoms with Gasteiger partial charge in [0.05, 0.1) is 17.0 Å². The summed E-state index contributed by atoms with van der Waals surface area (Å²) in [5.41, 5.74) is 0.782. The molecular formula is C18H11BrN2O4. The molecule has 6 nitrogen and oxygen atoms in total. The second-order valence-corrected chi connectivity index (χ2v) is 6.05. The van der Waals surface area contributed by atoms with Crippen LogP contribution in [0.5, 0.6) is 5.75 Å². The summed E-state index contributed by atoms with van der Waals surface area (Å²) in [5, 5.41) is 8.72. The van der Waals surface area contributed by atoms with Crippen LogP contribution < -0.4 is 10.4 Å². The van der Waals surface area contributed by atoms with Crippen molar-refractivity contribution in [3.63, 3.8) is 0 Å². The van der Waals surface area contributed by atoms with E-state index in [4.69, 9.17) is 13.6 Å². The van der Waals surface area contributed by atoms with Crippen LogP contribution in [-0.2, 0) is 6.61 Å². The molecule has 0 saturated heterocycles. The van der Waals surface area contributed by atoms with Crippen LogP contribution in [0, 0.1) is 0 Å². The Labute approximate surface area is 150 Å². The number of hydrogen-bond acceptors (Lipinski definition) is 6. The van der Waals surface area contributed by atoms with Crippen LogP contribution in [0.2, 0.25) is 0 Å². The van der Waals surface area contributed by atoms with Crippen LogP contribution in [0.25, 0.3) is 22.4 Å². The zero-order chi connectivity index (χ0) is 17.2. The molecule has 0 bridgehead atoms. The lowest BCUT2D eigenvalue weighted by molar-refractivity contribution is 0.265. The molecule has 0 unspecified atom stereocenters. The summed E-state index contributed by atoms with van der Waals surface area (Å²) < 4.78 is 17.3. The molecular weight excluding hydrogens is 388 g/mol. The van der Waals surface area contributed by atoms with Gasteiger partial charge in [-0.3, -0.25) is 0 Å². The summed E-state index contributed by atoms with van der Waals surface area (Å²) >= 11 is 3.45. The molecule has 2 aromatic carbocycles. The van der Waals surface area contributed by atoms with Crippen molar-refractivity contribution >= 4 is 26.9 Å². The molecule has 0 N–H and O–H groups in total. The van der Waals surface area contributed by atoms with Gasteiger partial charge in [0, 0.05) is 4.47 Å². The van der Waals surface area contributed by atoms with E-state index >= 15 is 0 Å². The Morgan fingerprint density at radius 3 is 2.68 bits per heavy atom. The smallest absolute Gasteiger partial charge is 0.339 e. The number of para-hydroxylation sites is 1. The van der Waals surface area contributed by atoms with E-state index in [1.807, 2.05) is 36.4 Å². The fourth-order valence-corrected chi connectivity index (χ4v) is 2.85. The van der Waals surface area contributed by atoms with Crippen molar-refractivity contribution in [2.45, 2.75) is 6.61 Å². The van der Waals surface area contributed by atoms with Gasteiger partial charge in [-0.1, -0.05) is 24.3 Å². The monoisotopic (exact) mass is 398 g/mol. The van der Waals surface area contributed by atoms with Gasteiger partial charge in [-0.05, 0) is 40.2 Å². The highest BCUT2D eigenvalue weighted by molar-refractivity contribution is 9.10. The Balaban J connectivity index is 1.59. The fraction of sp³-hybridized carbons (Fsp3) is 0.0556. The van der Waals surface area contributed by atoms with Gasteiger partial charge in [-0.15, -0.1) is 10.2 Å². The first-order chi connectivity index (χ1) is 12.2. The first kappa shape index (κ1) is 15.6. The minimum Gasteiger partial charge on any atom is -0.483 e. The van der Waals surface area contributed by atoms with Crippen molar-refractivity contribution in [1.82, 2.24) is 10.2 Å². The third-order valence-electron chi connectivity index (χ3n) is 3.53. The van der Waals surface area contributed by atoms with Gasteiger partial charge < -0.3 is 13.6 Å². The maximum atomic E-state index is 11.6. The standard InChI is InChI=1S/C18H11BrN2O4/c19-13-7-3-1-5-11(13)18-21-20-16(25-18)10-23-15-9-17(22)24-14-8-4-2-6-12(14)15/h1-9H,10H2. The maximum absolute atomic E-state index is 11.6. The number of rotatable bonds is 4. The van der Waals surface area contributed by atoms with Gasteiger partial charge in [0.25, 0.3) is 5.89 Å². The topological polar surface area (TPSA) is 78.4 Å². The van der Waals surface area contributed by atoms with Crippen LogP contribution in [-0.4, -0.2) is 10.2 Å². The van der Waals surface area contributed by atoms with E-state index in [2.05, 4.69) is 26.1 Å². The SMILES string of the molecule is O=c1cc(OCc2nnc(-c3ccccc3Br)o2)c2ccccc2o1. The quantitative estimate of drug-likeness (QED) is 0.479. The molecule has 0 radical (unpaired) electrons. The van der Waals surface area contributed by atoms with Crippen molar-refractivity contribution in [1.29, 1.82) is 0 Å². The lowest BCUT2D eigenvalue weighted by atomic mass is 10.2. The summed E-state index contributed by atoms with van der Waals surface area (Å²) in [7, 11) is 0. The van der Waals surface area contributed by atoms with Gasteiger partial charge in [-0.2, -0.15) is 0 Å².